The van der Waals surface area contributed by atoms with Crippen LogP contribution in [0.3, 0.4) is 0 Å². The van der Waals surface area contributed by atoms with Crippen LogP contribution in [0.4, 0.5) is 0 Å². The summed E-state index contributed by atoms with van der Waals surface area (Å²) in [4.78, 5) is 24.5. The average molecular weight is 369 g/mol. The maximum Gasteiger partial charge on any atom is 0.308 e. The molecule has 3 rings (SSSR count). The molecule has 2 aromatic carbocycles. The lowest BCUT2D eigenvalue weighted by molar-refractivity contribution is -0.141. The molecule has 6 nitrogen and oxygen atoms in total. The number of para-hydroxylation sites is 2. The molecule has 142 valence electrons. The van der Waals surface area contributed by atoms with E-state index in [4.69, 9.17) is 14.6 Å². The molecule has 1 N–H and O–H groups in total. The fraction of sp³-hybridized carbons (Fsp3) is 0.333. The fourth-order valence-corrected chi connectivity index (χ4v) is 3.08. The van der Waals surface area contributed by atoms with Crippen molar-refractivity contribution in [3.8, 4) is 17.2 Å². The molecule has 1 aliphatic heterocycles. The summed E-state index contributed by atoms with van der Waals surface area (Å²) in [5.74, 6) is 0.487. The zero-order valence-electron chi connectivity index (χ0n) is 15.3. The van der Waals surface area contributed by atoms with Gasteiger partial charge in [0.15, 0.2) is 11.5 Å². The van der Waals surface area contributed by atoms with Crippen LogP contribution in [0, 0.1) is 5.92 Å². The Bertz CT molecular complexity index is 802. The largest absolute Gasteiger partial charge is 0.490 e. The predicted octanol–water partition coefficient (Wildman–Crippen LogP) is 3.35. The minimum absolute atomic E-state index is 0.0881. The van der Waals surface area contributed by atoms with E-state index in [0.29, 0.717) is 43.4 Å². The van der Waals surface area contributed by atoms with E-state index >= 15 is 0 Å². The molecule has 0 aromatic heterocycles. The molecule has 1 saturated heterocycles. The van der Waals surface area contributed by atoms with Gasteiger partial charge in [0, 0.05) is 19.5 Å². The Morgan fingerprint density at radius 1 is 1.15 bits per heavy atom. The highest BCUT2D eigenvalue weighted by atomic mass is 16.5. The van der Waals surface area contributed by atoms with Gasteiger partial charge in [-0.15, -0.1) is 0 Å². The molecular formula is C21H23NO5. The second-order valence-electron chi connectivity index (χ2n) is 6.45. The van der Waals surface area contributed by atoms with Crippen LogP contribution < -0.4 is 9.47 Å². The van der Waals surface area contributed by atoms with Crippen molar-refractivity contribution in [2.45, 2.75) is 19.8 Å². The Morgan fingerprint density at radius 2 is 1.85 bits per heavy atom. The zero-order valence-corrected chi connectivity index (χ0v) is 15.3. The highest BCUT2D eigenvalue weighted by Crippen LogP contribution is 2.31. The molecule has 0 saturated carbocycles. The Hall–Kier alpha value is -3.02. The van der Waals surface area contributed by atoms with Gasteiger partial charge in [-0.2, -0.15) is 0 Å². The Kier molecular flexibility index (Phi) is 5.96. The number of likely N-dealkylation sites (tertiary alicyclic amines) is 1. The third-order valence-electron chi connectivity index (χ3n) is 4.53. The first-order valence-electron chi connectivity index (χ1n) is 9.06. The van der Waals surface area contributed by atoms with Gasteiger partial charge in [0.1, 0.15) is 5.75 Å². The van der Waals surface area contributed by atoms with Crippen molar-refractivity contribution in [1.82, 2.24) is 4.90 Å². The Morgan fingerprint density at radius 3 is 2.48 bits per heavy atom. The topological polar surface area (TPSA) is 76.1 Å². The van der Waals surface area contributed by atoms with Crippen molar-refractivity contribution >= 4 is 11.9 Å². The van der Waals surface area contributed by atoms with Crippen LogP contribution in [0.25, 0.3) is 0 Å². The minimum Gasteiger partial charge on any atom is -0.490 e. The van der Waals surface area contributed by atoms with Crippen molar-refractivity contribution < 1.29 is 24.2 Å². The lowest BCUT2D eigenvalue weighted by atomic mass is 10.1. The zero-order chi connectivity index (χ0) is 19.2. The van der Waals surface area contributed by atoms with Gasteiger partial charge in [0.05, 0.1) is 12.5 Å². The molecule has 0 aliphatic carbocycles. The lowest BCUT2D eigenvalue weighted by Crippen LogP contribution is -2.28. The number of benzene rings is 2. The van der Waals surface area contributed by atoms with Crippen LogP contribution in [0.2, 0.25) is 0 Å². The summed E-state index contributed by atoms with van der Waals surface area (Å²) in [6.07, 6.45) is 0.773. The number of carbonyl (C=O) groups is 2. The number of ether oxygens (including phenoxy) is 2. The number of hydrogen-bond donors (Lipinski definition) is 1. The van der Waals surface area contributed by atoms with E-state index in [0.717, 1.165) is 5.56 Å². The molecule has 1 aliphatic rings. The minimum atomic E-state index is -0.903. The third-order valence-corrected chi connectivity index (χ3v) is 4.53. The average Bonchev–Trinajstić information content (AvgIpc) is 3.04. The molecule has 27 heavy (non-hydrogen) atoms. The van der Waals surface area contributed by atoms with Crippen molar-refractivity contribution in [2.75, 3.05) is 19.7 Å². The number of amides is 1. The highest BCUT2D eigenvalue weighted by molar-refractivity contribution is 5.86. The molecule has 0 spiro atoms. The summed E-state index contributed by atoms with van der Waals surface area (Å²) in [6, 6.07) is 15.2. The summed E-state index contributed by atoms with van der Waals surface area (Å²) in [6.45, 7) is 3.31. The van der Waals surface area contributed by atoms with Crippen molar-refractivity contribution in [2.24, 2.45) is 5.92 Å². The quantitative estimate of drug-likeness (QED) is 0.772. The molecule has 2 aromatic rings. The Balaban J connectivity index is 1.57. The van der Waals surface area contributed by atoms with E-state index in [1.807, 2.05) is 55.5 Å². The summed E-state index contributed by atoms with van der Waals surface area (Å²) < 4.78 is 11.5. The second-order valence-corrected chi connectivity index (χ2v) is 6.45. The molecule has 6 heteroatoms. The van der Waals surface area contributed by atoms with Gasteiger partial charge in [-0.25, -0.2) is 0 Å². The number of rotatable bonds is 8. The summed E-state index contributed by atoms with van der Waals surface area (Å²) in [5, 5.41) is 9.04. The molecule has 0 radical (unpaired) electrons. The number of nitrogens with zero attached hydrogens (tertiary/aromatic N) is 1. The summed E-state index contributed by atoms with van der Waals surface area (Å²) in [7, 11) is 0. The van der Waals surface area contributed by atoms with E-state index in [-0.39, 0.29) is 12.3 Å². The van der Waals surface area contributed by atoms with E-state index in [1.54, 1.807) is 4.90 Å². The van der Waals surface area contributed by atoms with Crippen LogP contribution >= 0.6 is 0 Å². The number of carbonyl (C=O) groups excluding carboxylic acids is 1. The van der Waals surface area contributed by atoms with Crippen LogP contribution in [-0.2, 0) is 16.0 Å². The Labute approximate surface area is 158 Å². The van der Waals surface area contributed by atoms with E-state index < -0.39 is 11.9 Å². The van der Waals surface area contributed by atoms with Crippen molar-refractivity contribution in [1.29, 1.82) is 0 Å². The van der Waals surface area contributed by atoms with Crippen molar-refractivity contribution in [3.05, 3.63) is 54.1 Å². The monoisotopic (exact) mass is 369 g/mol. The SMILES string of the molecule is CCOc1ccccc1Oc1ccc(CCN2CC(C(=O)O)CC2=O)cc1. The van der Waals surface area contributed by atoms with Gasteiger partial charge in [-0.3, -0.25) is 9.59 Å². The molecule has 1 atom stereocenters. The molecule has 1 fully saturated rings. The fourth-order valence-electron chi connectivity index (χ4n) is 3.08. The first-order chi connectivity index (χ1) is 13.1. The first kappa shape index (κ1) is 18.8. The number of aliphatic carboxylic acids is 1. The number of carboxylic acids is 1. The molecule has 1 unspecified atom stereocenters. The third kappa shape index (κ3) is 4.78. The van der Waals surface area contributed by atoms with Crippen molar-refractivity contribution in [3.63, 3.8) is 0 Å². The van der Waals surface area contributed by atoms with Gasteiger partial charge < -0.3 is 19.5 Å². The molecular weight excluding hydrogens is 346 g/mol. The van der Waals surface area contributed by atoms with Crippen LogP contribution in [-0.4, -0.2) is 41.6 Å². The molecule has 1 amide bonds. The van der Waals surface area contributed by atoms with E-state index in [9.17, 15) is 9.59 Å². The standard InChI is InChI=1S/C21H23NO5/c1-2-26-18-5-3-4-6-19(18)27-17-9-7-15(8-10-17)11-12-22-14-16(21(24)25)13-20(22)23/h3-10,16H,2,11-14H2,1H3,(H,24,25). The van der Waals surface area contributed by atoms with Crippen LogP contribution in [0.5, 0.6) is 17.2 Å². The van der Waals surface area contributed by atoms with Crippen LogP contribution in [0.15, 0.2) is 48.5 Å². The normalized spacial score (nSPS) is 16.4. The van der Waals surface area contributed by atoms with Gasteiger partial charge in [-0.1, -0.05) is 24.3 Å². The van der Waals surface area contributed by atoms with E-state index in [2.05, 4.69) is 0 Å². The van der Waals surface area contributed by atoms with Gasteiger partial charge in [-0.05, 0) is 43.2 Å². The van der Waals surface area contributed by atoms with Crippen LogP contribution in [0.1, 0.15) is 18.9 Å². The maximum atomic E-state index is 11.9. The van der Waals surface area contributed by atoms with Gasteiger partial charge in [0.2, 0.25) is 5.91 Å². The smallest absolute Gasteiger partial charge is 0.308 e. The number of hydrogen-bond acceptors (Lipinski definition) is 4. The summed E-state index contributed by atoms with van der Waals surface area (Å²) >= 11 is 0. The number of carboxylic acid groups (broad SMARTS) is 1. The maximum absolute atomic E-state index is 11.9. The highest BCUT2D eigenvalue weighted by Gasteiger charge is 2.33. The molecule has 0 bridgehead atoms. The lowest BCUT2D eigenvalue weighted by Gasteiger charge is -2.16. The predicted molar refractivity (Wildman–Crippen MR) is 100 cm³/mol. The van der Waals surface area contributed by atoms with Gasteiger partial charge >= 0.3 is 5.97 Å². The molecule has 1 heterocycles. The summed E-state index contributed by atoms with van der Waals surface area (Å²) in [5.41, 5.74) is 1.06. The van der Waals surface area contributed by atoms with E-state index in [1.165, 1.54) is 0 Å². The second kappa shape index (κ2) is 8.58. The first-order valence-corrected chi connectivity index (χ1v) is 9.06. The van der Waals surface area contributed by atoms with Gasteiger partial charge in [0.25, 0.3) is 0 Å².